The van der Waals surface area contributed by atoms with Crippen molar-refractivity contribution in [3.63, 3.8) is 0 Å². The van der Waals surface area contributed by atoms with E-state index in [2.05, 4.69) is 4.98 Å². The lowest BCUT2D eigenvalue weighted by molar-refractivity contribution is 0.0443. The average molecular weight is 411 g/mol. The molecule has 1 N–H and O–H groups in total. The molecule has 0 unspecified atom stereocenters. The lowest BCUT2D eigenvalue weighted by Gasteiger charge is -2.07. The van der Waals surface area contributed by atoms with Crippen molar-refractivity contribution in [2.45, 2.75) is 27.7 Å². The Hall–Kier alpha value is -3.68. The molecule has 2 aromatic heterocycles. The van der Waals surface area contributed by atoms with Crippen molar-refractivity contribution in [3.8, 4) is 0 Å². The second-order valence-electron chi connectivity index (χ2n) is 6.82. The van der Waals surface area contributed by atoms with Gasteiger partial charge < -0.3 is 18.9 Å². The van der Waals surface area contributed by atoms with E-state index in [9.17, 15) is 19.2 Å². The van der Waals surface area contributed by atoms with Crippen LogP contribution in [0.1, 0.15) is 55.1 Å². The Kier molecular flexibility index (Phi) is 5.86. The number of hydrogen-bond acceptors (Lipinski definition) is 7. The minimum absolute atomic E-state index is 0.106. The van der Waals surface area contributed by atoms with Gasteiger partial charge in [0, 0.05) is 17.5 Å². The number of hydrogen-bond donors (Lipinski definition) is 1. The number of ketones is 1. The third-order valence-corrected chi connectivity index (χ3v) is 4.55. The zero-order chi connectivity index (χ0) is 22.0. The van der Waals surface area contributed by atoms with Gasteiger partial charge >= 0.3 is 11.9 Å². The standard InChI is InChI=1S/C22H21NO7/c1-5-28-22(27)20-13(4)23-12(3)19(20)16(25)10-29-21(26)18-9-15(24)14-8-11(2)6-7-17(14)30-18/h6-9,23H,5,10H2,1-4H3. The summed E-state index contributed by atoms with van der Waals surface area (Å²) in [6, 6.07) is 6.03. The molecule has 0 spiro atoms. The fourth-order valence-corrected chi connectivity index (χ4v) is 3.23. The molecule has 0 amide bonds. The van der Waals surface area contributed by atoms with E-state index in [1.54, 1.807) is 39.0 Å². The normalized spacial score (nSPS) is 10.8. The summed E-state index contributed by atoms with van der Waals surface area (Å²) in [6.07, 6.45) is 0. The van der Waals surface area contributed by atoms with Crippen LogP contribution in [0.25, 0.3) is 11.0 Å². The van der Waals surface area contributed by atoms with Crippen LogP contribution in [0.5, 0.6) is 0 Å². The van der Waals surface area contributed by atoms with Crippen LogP contribution < -0.4 is 5.43 Å². The summed E-state index contributed by atoms with van der Waals surface area (Å²) in [6.45, 7) is 6.31. The van der Waals surface area contributed by atoms with E-state index in [0.29, 0.717) is 16.8 Å². The number of aryl methyl sites for hydroxylation is 3. The SMILES string of the molecule is CCOC(=O)c1c(C)[nH]c(C)c1C(=O)COC(=O)c1cc(=O)c2cc(C)ccc2o1. The second-order valence-corrected chi connectivity index (χ2v) is 6.82. The van der Waals surface area contributed by atoms with Crippen molar-refractivity contribution in [1.82, 2.24) is 4.98 Å². The first-order valence-corrected chi connectivity index (χ1v) is 9.34. The highest BCUT2D eigenvalue weighted by Gasteiger charge is 2.26. The van der Waals surface area contributed by atoms with Crippen LogP contribution in [-0.2, 0) is 9.47 Å². The molecule has 0 bridgehead atoms. The third-order valence-electron chi connectivity index (χ3n) is 4.55. The van der Waals surface area contributed by atoms with Crippen molar-refractivity contribution < 1.29 is 28.3 Å². The number of Topliss-reactive ketones (excluding diaryl/α,β-unsaturated/α-hetero) is 1. The summed E-state index contributed by atoms with van der Waals surface area (Å²) < 4.78 is 15.5. The van der Waals surface area contributed by atoms with Crippen LogP contribution in [-0.4, -0.2) is 35.9 Å². The molecule has 0 aliphatic rings. The van der Waals surface area contributed by atoms with Crippen molar-refractivity contribution in [2.75, 3.05) is 13.2 Å². The smallest absolute Gasteiger partial charge is 0.374 e. The Morgan fingerprint density at radius 3 is 2.37 bits per heavy atom. The zero-order valence-corrected chi connectivity index (χ0v) is 17.1. The van der Waals surface area contributed by atoms with E-state index in [-0.39, 0.29) is 34.5 Å². The number of carbonyl (C=O) groups excluding carboxylic acids is 3. The Labute approximate surface area is 171 Å². The van der Waals surface area contributed by atoms with Crippen LogP contribution in [0.3, 0.4) is 0 Å². The molecule has 156 valence electrons. The minimum Gasteiger partial charge on any atom is -0.462 e. The molecule has 0 saturated carbocycles. The predicted molar refractivity (Wildman–Crippen MR) is 108 cm³/mol. The number of ether oxygens (including phenoxy) is 2. The number of rotatable bonds is 6. The van der Waals surface area contributed by atoms with Gasteiger partial charge in [0.2, 0.25) is 11.5 Å². The lowest BCUT2D eigenvalue weighted by atomic mass is 10.1. The topological polar surface area (TPSA) is 116 Å². The maximum Gasteiger partial charge on any atom is 0.374 e. The molecule has 0 radical (unpaired) electrons. The van der Waals surface area contributed by atoms with E-state index in [1.807, 2.05) is 6.92 Å². The first kappa shape index (κ1) is 21.0. The number of aromatic nitrogens is 1. The van der Waals surface area contributed by atoms with Gasteiger partial charge in [-0.1, -0.05) is 11.6 Å². The molecule has 0 aliphatic carbocycles. The molecule has 0 fully saturated rings. The Balaban J connectivity index is 1.81. The molecule has 8 heteroatoms. The molecule has 1 aromatic carbocycles. The van der Waals surface area contributed by atoms with E-state index >= 15 is 0 Å². The molecular weight excluding hydrogens is 390 g/mol. The Bertz CT molecular complexity index is 1220. The van der Waals surface area contributed by atoms with Crippen molar-refractivity contribution in [1.29, 1.82) is 0 Å². The molecule has 3 aromatic rings. The van der Waals surface area contributed by atoms with Gasteiger partial charge in [0.25, 0.3) is 0 Å². The third kappa shape index (κ3) is 4.03. The van der Waals surface area contributed by atoms with Gasteiger partial charge in [-0.2, -0.15) is 0 Å². The fraction of sp³-hybridized carbons (Fsp3) is 0.273. The number of H-pyrrole nitrogens is 1. The summed E-state index contributed by atoms with van der Waals surface area (Å²) in [7, 11) is 0. The van der Waals surface area contributed by atoms with E-state index in [1.165, 1.54) is 0 Å². The molecule has 0 saturated heterocycles. The average Bonchev–Trinajstić information content (AvgIpc) is 3.00. The number of aromatic amines is 1. The zero-order valence-electron chi connectivity index (χ0n) is 17.1. The summed E-state index contributed by atoms with van der Waals surface area (Å²) in [5.41, 5.74) is 1.90. The Morgan fingerprint density at radius 1 is 0.967 bits per heavy atom. The highest BCUT2D eigenvalue weighted by atomic mass is 16.5. The monoisotopic (exact) mass is 411 g/mol. The van der Waals surface area contributed by atoms with Crippen LogP contribution in [0.4, 0.5) is 0 Å². The summed E-state index contributed by atoms with van der Waals surface area (Å²) in [5.74, 6) is -2.47. The summed E-state index contributed by atoms with van der Waals surface area (Å²) in [4.78, 5) is 52.4. The van der Waals surface area contributed by atoms with Gasteiger partial charge in [-0.25, -0.2) is 9.59 Å². The number of nitrogens with one attached hydrogen (secondary N) is 1. The van der Waals surface area contributed by atoms with Crippen LogP contribution in [0.15, 0.2) is 33.5 Å². The molecule has 30 heavy (non-hydrogen) atoms. The Morgan fingerprint density at radius 2 is 1.67 bits per heavy atom. The highest BCUT2D eigenvalue weighted by Crippen LogP contribution is 2.21. The molecule has 8 nitrogen and oxygen atoms in total. The van der Waals surface area contributed by atoms with E-state index < -0.39 is 24.3 Å². The number of carbonyl (C=O) groups is 3. The second kappa shape index (κ2) is 8.36. The predicted octanol–water partition coefficient (Wildman–Crippen LogP) is 3.26. The van der Waals surface area contributed by atoms with Gasteiger partial charge in [-0.15, -0.1) is 0 Å². The first-order chi connectivity index (χ1) is 14.2. The van der Waals surface area contributed by atoms with Crippen LogP contribution in [0.2, 0.25) is 0 Å². The van der Waals surface area contributed by atoms with Crippen molar-refractivity contribution in [3.05, 3.63) is 68.3 Å². The largest absolute Gasteiger partial charge is 0.462 e. The summed E-state index contributed by atoms with van der Waals surface area (Å²) >= 11 is 0. The van der Waals surface area contributed by atoms with E-state index in [4.69, 9.17) is 13.9 Å². The van der Waals surface area contributed by atoms with Gasteiger partial charge in [0.05, 0.1) is 23.1 Å². The summed E-state index contributed by atoms with van der Waals surface area (Å²) in [5, 5.41) is 0.347. The van der Waals surface area contributed by atoms with Crippen LogP contribution in [0, 0.1) is 20.8 Å². The molecule has 3 rings (SSSR count). The fourth-order valence-electron chi connectivity index (χ4n) is 3.23. The molecular formula is C22H21NO7. The van der Waals surface area contributed by atoms with Crippen molar-refractivity contribution in [2.24, 2.45) is 0 Å². The number of benzene rings is 1. The molecule has 0 aliphatic heterocycles. The van der Waals surface area contributed by atoms with Gasteiger partial charge in [-0.05, 0) is 39.8 Å². The number of esters is 2. The maximum absolute atomic E-state index is 12.7. The quantitative estimate of drug-likeness (QED) is 0.489. The van der Waals surface area contributed by atoms with Crippen LogP contribution >= 0.6 is 0 Å². The van der Waals surface area contributed by atoms with E-state index in [0.717, 1.165) is 11.6 Å². The highest BCUT2D eigenvalue weighted by molar-refractivity contribution is 6.09. The lowest BCUT2D eigenvalue weighted by Crippen LogP contribution is -2.19. The first-order valence-electron chi connectivity index (χ1n) is 9.34. The number of fused-ring (bicyclic) bond motifs is 1. The van der Waals surface area contributed by atoms with Gasteiger partial charge in [0.15, 0.2) is 12.0 Å². The molecule has 0 atom stereocenters. The maximum atomic E-state index is 12.7. The minimum atomic E-state index is -0.953. The van der Waals surface area contributed by atoms with Gasteiger partial charge in [-0.3, -0.25) is 9.59 Å². The molecule has 2 heterocycles. The van der Waals surface area contributed by atoms with Crippen molar-refractivity contribution >= 4 is 28.7 Å². The van der Waals surface area contributed by atoms with Gasteiger partial charge in [0.1, 0.15) is 5.58 Å².